The molecule has 3 heterocycles. The van der Waals surface area contributed by atoms with E-state index in [9.17, 15) is 22.4 Å². The maximum absolute atomic E-state index is 14.5. The number of nitrogens with two attached hydrogens (primary N) is 1. The Bertz CT molecular complexity index is 1360. The predicted molar refractivity (Wildman–Crippen MR) is 110 cm³/mol. The molecule has 0 bridgehead atoms. The molecule has 4 rings (SSSR count). The Labute approximate surface area is 192 Å². The number of hydrogen-bond donors (Lipinski definition) is 2. The van der Waals surface area contributed by atoms with Crippen molar-refractivity contribution >= 4 is 29.0 Å². The summed E-state index contributed by atoms with van der Waals surface area (Å²) in [7, 11) is 0. The Hall–Kier alpha value is -4.33. The minimum absolute atomic E-state index is 0.0842. The lowest BCUT2D eigenvalue weighted by Crippen LogP contribution is -2.21. The van der Waals surface area contributed by atoms with E-state index in [0.29, 0.717) is 4.68 Å². The minimum atomic E-state index is -4.94. The molecule has 0 saturated heterocycles. The Morgan fingerprint density at radius 3 is 2.53 bits per heavy atom. The van der Waals surface area contributed by atoms with Crippen LogP contribution in [0.4, 0.5) is 29.1 Å². The molecule has 0 saturated carbocycles. The highest BCUT2D eigenvalue weighted by atomic mass is 35.5. The summed E-state index contributed by atoms with van der Waals surface area (Å²) in [6.07, 6.45) is 0.179. The molecule has 1 aromatic carbocycles. The highest BCUT2D eigenvalue weighted by Crippen LogP contribution is 2.35. The lowest BCUT2D eigenvalue weighted by molar-refractivity contribution is -0.143. The van der Waals surface area contributed by atoms with Crippen molar-refractivity contribution in [2.75, 3.05) is 11.1 Å². The van der Waals surface area contributed by atoms with Crippen molar-refractivity contribution in [1.29, 1.82) is 0 Å². The van der Waals surface area contributed by atoms with E-state index in [1.807, 2.05) is 0 Å². The van der Waals surface area contributed by atoms with Crippen molar-refractivity contribution in [2.24, 2.45) is 0 Å². The van der Waals surface area contributed by atoms with Gasteiger partial charge < -0.3 is 15.8 Å². The van der Waals surface area contributed by atoms with Crippen molar-refractivity contribution < 1.29 is 27.1 Å². The van der Waals surface area contributed by atoms with E-state index in [1.54, 1.807) is 0 Å². The molecule has 0 unspecified atom stereocenters. The smallest absolute Gasteiger partial charge is 0.434 e. The van der Waals surface area contributed by atoms with E-state index in [-0.39, 0.29) is 33.8 Å². The first-order chi connectivity index (χ1) is 16.1. The number of nitrogens with one attached hydrogen (secondary N) is 1. The number of alkyl halides is 3. The van der Waals surface area contributed by atoms with E-state index < -0.39 is 29.2 Å². The highest BCUT2D eigenvalue weighted by Gasteiger charge is 2.40. The van der Waals surface area contributed by atoms with Crippen LogP contribution in [0, 0.1) is 5.82 Å². The van der Waals surface area contributed by atoms with E-state index in [0.717, 1.165) is 43.4 Å². The van der Waals surface area contributed by atoms with Crippen LogP contribution in [-0.2, 0) is 6.18 Å². The molecule has 174 valence electrons. The zero-order chi connectivity index (χ0) is 24.5. The van der Waals surface area contributed by atoms with Gasteiger partial charge in [0, 0.05) is 11.8 Å². The number of nitrogens with zero attached hydrogens (tertiary/aromatic N) is 6. The number of benzene rings is 1. The van der Waals surface area contributed by atoms with Crippen molar-refractivity contribution in [2.45, 2.75) is 6.18 Å². The molecule has 0 aliphatic rings. The number of hydrogen-bond acceptors (Lipinski definition) is 8. The molecule has 1 amide bonds. The number of halogens is 5. The summed E-state index contributed by atoms with van der Waals surface area (Å²) in [5, 5.41) is 5.69. The van der Waals surface area contributed by atoms with Crippen LogP contribution in [0.25, 0.3) is 5.69 Å². The third-order valence-electron chi connectivity index (χ3n) is 4.25. The average molecular weight is 495 g/mol. The maximum Gasteiger partial charge on any atom is 0.434 e. The van der Waals surface area contributed by atoms with Gasteiger partial charge in [-0.15, -0.1) is 0 Å². The summed E-state index contributed by atoms with van der Waals surface area (Å²) in [4.78, 5) is 27.3. The maximum atomic E-state index is 14.5. The fraction of sp³-hybridized carbons (Fsp3) is 0.0526. The number of nitrogen functional groups attached to an aromatic ring is 1. The van der Waals surface area contributed by atoms with Crippen LogP contribution in [-0.4, -0.2) is 35.6 Å². The first-order valence-electron chi connectivity index (χ1n) is 9.10. The van der Waals surface area contributed by atoms with Gasteiger partial charge >= 0.3 is 6.18 Å². The second-order valence-corrected chi connectivity index (χ2v) is 6.87. The molecule has 0 aliphatic heterocycles. The van der Waals surface area contributed by atoms with Gasteiger partial charge in [-0.2, -0.15) is 23.3 Å². The van der Waals surface area contributed by atoms with Crippen LogP contribution in [0.5, 0.6) is 11.6 Å². The molecule has 3 N–H and O–H groups in total. The lowest BCUT2D eigenvalue weighted by atomic mass is 10.2. The molecule has 34 heavy (non-hydrogen) atoms. The van der Waals surface area contributed by atoms with Crippen LogP contribution in [0.15, 0.2) is 49.4 Å². The second kappa shape index (κ2) is 8.90. The molecular formula is C19H11ClF4N8O2. The number of amides is 1. The normalized spacial score (nSPS) is 11.3. The third-order valence-corrected chi connectivity index (χ3v) is 4.61. The summed E-state index contributed by atoms with van der Waals surface area (Å²) < 4.78 is 61.4. The number of carbonyl (C=O) groups is 1. The molecular weight excluding hydrogens is 484 g/mol. The summed E-state index contributed by atoms with van der Waals surface area (Å²) in [6.45, 7) is 0. The Morgan fingerprint density at radius 2 is 1.85 bits per heavy atom. The SMILES string of the molecule is Nc1ncnc(Oc2ccc(NC(=O)c3cnn(-c4cncnc4)c3C(F)(F)F)cc2F)c1Cl. The standard InChI is InChI=1S/C19H11ClF4N8O2/c20-14-16(25)28-8-29-18(14)34-13-2-1-9(3-12(13)21)31-17(33)11-6-30-32(15(11)19(22,23)24)10-4-26-7-27-5-10/h1-8H,(H,31,33)(H2,25,28,29). The van der Waals surface area contributed by atoms with Gasteiger partial charge in [-0.3, -0.25) is 4.79 Å². The molecule has 0 radical (unpaired) electrons. The molecule has 0 aliphatic carbocycles. The van der Waals surface area contributed by atoms with Gasteiger partial charge in [-0.25, -0.2) is 24.0 Å². The molecule has 0 fully saturated rings. The molecule has 10 nitrogen and oxygen atoms in total. The molecule has 3 aromatic heterocycles. The van der Waals surface area contributed by atoms with Crippen LogP contribution >= 0.6 is 11.6 Å². The lowest BCUT2D eigenvalue weighted by Gasteiger charge is -2.13. The van der Waals surface area contributed by atoms with Crippen molar-refractivity contribution in [3.05, 3.63) is 71.5 Å². The molecule has 4 aromatic rings. The van der Waals surface area contributed by atoms with Crippen LogP contribution < -0.4 is 15.8 Å². The zero-order valence-corrected chi connectivity index (χ0v) is 17.3. The second-order valence-electron chi connectivity index (χ2n) is 6.49. The monoisotopic (exact) mass is 494 g/mol. The van der Waals surface area contributed by atoms with E-state index >= 15 is 0 Å². The van der Waals surface area contributed by atoms with Crippen LogP contribution in [0.3, 0.4) is 0 Å². The van der Waals surface area contributed by atoms with Gasteiger partial charge in [0.25, 0.3) is 5.91 Å². The third kappa shape index (κ3) is 4.56. The topological polar surface area (TPSA) is 134 Å². The average Bonchev–Trinajstić information content (AvgIpc) is 3.25. The summed E-state index contributed by atoms with van der Waals surface area (Å²) in [6, 6.07) is 3.17. The van der Waals surface area contributed by atoms with Crippen molar-refractivity contribution in [3.8, 4) is 17.3 Å². The van der Waals surface area contributed by atoms with Crippen LogP contribution in [0.2, 0.25) is 5.02 Å². The van der Waals surface area contributed by atoms with Gasteiger partial charge in [0.2, 0.25) is 5.88 Å². The van der Waals surface area contributed by atoms with Gasteiger partial charge in [0.1, 0.15) is 29.2 Å². The first kappa shape index (κ1) is 22.8. The Morgan fingerprint density at radius 1 is 1.12 bits per heavy atom. The van der Waals surface area contributed by atoms with E-state index in [4.69, 9.17) is 22.1 Å². The first-order valence-corrected chi connectivity index (χ1v) is 9.48. The number of carbonyl (C=O) groups excluding carboxylic acids is 1. The quantitative estimate of drug-likeness (QED) is 0.399. The minimum Gasteiger partial charge on any atom is -0.434 e. The Kier molecular flexibility index (Phi) is 5.98. The van der Waals surface area contributed by atoms with Gasteiger partial charge in [0.15, 0.2) is 17.3 Å². The number of ether oxygens (including phenoxy) is 1. The Balaban J connectivity index is 1.59. The van der Waals surface area contributed by atoms with Crippen LogP contribution in [0.1, 0.15) is 16.1 Å². The number of rotatable bonds is 5. The summed E-state index contributed by atoms with van der Waals surface area (Å²) in [5.74, 6) is -2.75. The zero-order valence-electron chi connectivity index (χ0n) is 16.6. The predicted octanol–water partition coefficient (Wildman–Crippen LogP) is 3.89. The largest absolute Gasteiger partial charge is 0.434 e. The number of anilines is 2. The van der Waals surface area contributed by atoms with E-state index in [1.165, 1.54) is 6.07 Å². The number of aromatic nitrogens is 6. The summed E-state index contributed by atoms with van der Waals surface area (Å²) >= 11 is 5.90. The van der Waals surface area contributed by atoms with Gasteiger partial charge in [-0.05, 0) is 12.1 Å². The fourth-order valence-electron chi connectivity index (χ4n) is 2.79. The highest BCUT2D eigenvalue weighted by molar-refractivity contribution is 6.34. The van der Waals surface area contributed by atoms with Crippen molar-refractivity contribution in [3.63, 3.8) is 0 Å². The molecule has 0 atom stereocenters. The fourth-order valence-corrected chi connectivity index (χ4v) is 2.92. The summed E-state index contributed by atoms with van der Waals surface area (Å²) in [5.41, 5.74) is 3.14. The molecule has 15 heteroatoms. The van der Waals surface area contributed by atoms with E-state index in [2.05, 4.69) is 30.4 Å². The van der Waals surface area contributed by atoms with Gasteiger partial charge in [0.05, 0.1) is 24.2 Å². The molecule has 0 spiro atoms. The van der Waals surface area contributed by atoms with Crippen molar-refractivity contribution in [1.82, 2.24) is 29.7 Å². The van der Waals surface area contributed by atoms with Gasteiger partial charge in [-0.1, -0.05) is 11.6 Å².